The molecule has 88 valence electrons. The van der Waals surface area contributed by atoms with Crippen molar-refractivity contribution in [1.82, 2.24) is 0 Å². The molecule has 0 saturated heterocycles. The molecular formula is C13H10Br2ClN. The summed E-state index contributed by atoms with van der Waals surface area (Å²) in [6.07, 6.45) is 0. The second-order valence-electron chi connectivity index (χ2n) is 3.57. The van der Waals surface area contributed by atoms with Crippen LogP contribution in [0.5, 0.6) is 0 Å². The molecule has 0 radical (unpaired) electrons. The van der Waals surface area contributed by atoms with Gasteiger partial charge in [-0.2, -0.15) is 0 Å². The number of anilines is 1. The van der Waals surface area contributed by atoms with Crippen LogP contribution in [0.3, 0.4) is 0 Å². The topological polar surface area (TPSA) is 12.0 Å². The third kappa shape index (κ3) is 3.47. The summed E-state index contributed by atoms with van der Waals surface area (Å²) in [5.74, 6) is 0. The predicted molar refractivity (Wildman–Crippen MR) is 80.6 cm³/mol. The Morgan fingerprint density at radius 1 is 1.06 bits per heavy atom. The first kappa shape index (κ1) is 12.9. The normalized spacial score (nSPS) is 10.3. The maximum atomic E-state index is 6.11. The monoisotopic (exact) mass is 373 g/mol. The molecule has 1 N–H and O–H groups in total. The van der Waals surface area contributed by atoms with Crippen LogP contribution in [0, 0.1) is 0 Å². The fourth-order valence-corrected chi connectivity index (χ4v) is 2.44. The lowest BCUT2D eigenvalue weighted by molar-refractivity contribution is 1.14. The Balaban J connectivity index is 2.12. The molecule has 0 bridgehead atoms. The van der Waals surface area contributed by atoms with Crippen molar-refractivity contribution in [2.45, 2.75) is 6.54 Å². The molecule has 0 saturated carbocycles. The Bertz CT molecular complexity index is 529. The van der Waals surface area contributed by atoms with E-state index in [0.717, 1.165) is 26.2 Å². The van der Waals surface area contributed by atoms with Crippen molar-refractivity contribution >= 4 is 49.1 Å². The number of nitrogens with one attached hydrogen (secondary N) is 1. The van der Waals surface area contributed by atoms with Gasteiger partial charge in [-0.3, -0.25) is 0 Å². The van der Waals surface area contributed by atoms with E-state index < -0.39 is 0 Å². The van der Waals surface area contributed by atoms with E-state index in [1.807, 2.05) is 36.4 Å². The van der Waals surface area contributed by atoms with Crippen LogP contribution in [0.15, 0.2) is 51.4 Å². The van der Waals surface area contributed by atoms with Crippen LogP contribution in [0.4, 0.5) is 5.69 Å². The highest BCUT2D eigenvalue weighted by atomic mass is 79.9. The van der Waals surface area contributed by atoms with Crippen molar-refractivity contribution in [3.05, 3.63) is 62.0 Å². The Hall–Kier alpha value is -0.510. The van der Waals surface area contributed by atoms with Gasteiger partial charge in [0.2, 0.25) is 0 Å². The van der Waals surface area contributed by atoms with Crippen molar-refractivity contribution in [1.29, 1.82) is 0 Å². The summed E-state index contributed by atoms with van der Waals surface area (Å²) in [6.45, 7) is 0.734. The van der Waals surface area contributed by atoms with Gasteiger partial charge < -0.3 is 5.32 Å². The molecule has 0 spiro atoms. The van der Waals surface area contributed by atoms with Crippen molar-refractivity contribution in [3.8, 4) is 0 Å². The Labute approximate surface area is 122 Å². The minimum atomic E-state index is 0.722. The number of hydrogen-bond donors (Lipinski definition) is 1. The molecule has 1 nitrogen and oxygen atoms in total. The minimum Gasteiger partial charge on any atom is -0.380 e. The van der Waals surface area contributed by atoms with Gasteiger partial charge in [0.1, 0.15) is 0 Å². The second-order valence-corrected chi connectivity index (χ2v) is 5.75. The zero-order valence-electron chi connectivity index (χ0n) is 8.88. The zero-order chi connectivity index (χ0) is 12.3. The summed E-state index contributed by atoms with van der Waals surface area (Å²) in [5.41, 5.74) is 2.13. The molecule has 17 heavy (non-hydrogen) atoms. The van der Waals surface area contributed by atoms with Gasteiger partial charge in [-0.05, 0) is 29.8 Å². The molecule has 0 aliphatic heterocycles. The predicted octanol–water partition coefficient (Wildman–Crippen LogP) is 5.48. The molecule has 0 unspecified atom stereocenters. The average Bonchev–Trinajstić information content (AvgIpc) is 2.32. The lowest BCUT2D eigenvalue weighted by Crippen LogP contribution is -2.00. The van der Waals surface area contributed by atoms with E-state index in [1.54, 1.807) is 0 Å². The Kier molecular flexibility index (Phi) is 4.48. The van der Waals surface area contributed by atoms with E-state index in [1.165, 1.54) is 5.56 Å². The fourth-order valence-electron chi connectivity index (χ4n) is 1.47. The Morgan fingerprint density at radius 3 is 2.59 bits per heavy atom. The van der Waals surface area contributed by atoms with Crippen molar-refractivity contribution in [3.63, 3.8) is 0 Å². The molecule has 0 heterocycles. The highest BCUT2D eigenvalue weighted by Gasteiger charge is 2.02. The number of halogens is 3. The first-order valence-corrected chi connectivity index (χ1v) is 7.05. The van der Waals surface area contributed by atoms with Gasteiger partial charge in [0.05, 0.1) is 10.7 Å². The van der Waals surface area contributed by atoms with Crippen LogP contribution in [0.2, 0.25) is 5.02 Å². The van der Waals surface area contributed by atoms with Crippen molar-refractivity contribution in [2.75, 3.05) is 5.32 Å². The number of hydrogen-bond acceptors (Lipinski definition) is 1. The lowest BCUT2D eigenvalue weighted by Gasteiger charge is -2.10. The standard InChI is InChI=1S/C13H10Br2ClN/c14-10-5-6-12(16)13(7-10)17-8-9-3-1-2-4-11(9)15/h1-7,17H,8H2. The SMILES string of the molecule is Clc1ccc(Br)cc1NCc1ccccc1Br. The van der Waals surface area contributed by atoms with Gasteiger partial charge in [-0.1, -0.05) is 61.7 Å². The Morgan fingerprint density at radius 2 is 1.82 bits per heavy atom. The summed E-state index contributed by atoms with van der Waals surface area (Å²) in [5, 5.41) is 4.04. The quantitative estimate of drug-likeness (QED) is 0.749. The molecule has 0 aliphatic carbocycles. The molecule has 2 rings (SSSR count). The van der Waals surface area contributed by atoms with E-state index in [0.29, 0.717) is 0 Å². The molecule has 2 aromatic carbocycles. The van der Waals surface area contributed by atoms with Gasteiger partial charge in [0.15, 0.2) is 0 Å². The maximum absolute atomic E-state index is 6.11. The van der Waals surface area contributed by atoms with Crippen molar-refractivity contribution in [2.24, 2.45) is 0 Å². The van der Waals surface area contributed by atoms with Crippen LogP contribution in [-0.2, 0) is 6.54 Å². The van der Waals surface area contributed by atoms with Gasteiger partial charge in [-0.15, -0.1) is 0 Å². The number of benzene rings is 2. The second kappa shape index (κ2) is 5.89. The van der Waals surface area contributed by atoms with Crippen LogP contribution in [0.25, 0.3) is 0 Å². The average molecular weight is 375 g/mol. The molecule has 2 aromatic rings. The third-order valence-electron chi connectivity index (χ3n) is 2.36. The molecule has 0 aliphatic rings. The highest BCUT2D eigenvalue weighted by Crippen LogP contribution is 2.26. The summed E-state index contributed by atoms with van der Waals surface area (Å²) in [7, 11) is 0. The first-order valence-electron chi connectivity index (χ1n) is 5.09. The van der Waals surface area contributed by atoms with Gasteiger partial charge in [0.25, 0.3) is 0 Å². The zero-order valence-corrected chi connectivity index (χ0v) is 12.8. The van der Waals surface area contributed by atoms with E-state index >= 15 is 0 Å². The van der Waals surface area contributed by atoms with Crippen LogP contribution < -0.4 is 5.32 Å². The third-order valence-corrected chi connectivity index (χ3v) is 3.95. The molecule has 0 fully saturated rings. The summed E-state index contributed by atoms with van der Waals surface area (Å²) in [4.78, 5) is 0. The molecular weight excluding hydrogens is 365 g/mol. The largest absolute Gasteiger partial charge is 0.380 e. The van der Waals surface area contributed by atoms with E-state index in [9.17, 15) is 0 Å². The highest BCUT2D eigenvalue weighted by molar-refractivity contribution is 9.10. The van der Waals surface area contributed by atoms with Crippen LogP contribution in [-0.4, -0.2) is 0 Å². The van der Waals surface area contributed by atoms with Crippen LogP contribution >= 0.6 is 43.5 Å². The molecule has 0 amide bonds. The summed E-state index contributed by atoms with van der Waals surface area (Å²) in [6, 6.07) is 13.9. The van der Waals surface area contributed by atoms with Crippen LogP contribution in [0.1, 0.15) is 5.56 Å². The maximum Gasteiger partial charge on any atom is 0.0638 e. The van der Waals surface area contributed by atoms with E-state index in [4.69, 9.17) is 11.6 Å². The van der Waals surface area contributed by atoms with E-state index in [2.05, 4.69) is 43.2 Å². The fraction of sp³-hybridized carbons (Fsp3) is 0.0769. The van der Waals surface area contributed by atoms with Gasteiger partial charge in [0, 0.05) is 15.5 Å². The van der Waals surface area contributed by atoms with Gasteiger partial charge >= 0.3 is 0 Å². The van der Waals surface area contributed by atoms with Gasteiger partial charge in [-0.25, -0.2) is 0 Å². The summed E-state index contributed by atoms with van der Waals surface area (Å²) < 4.78 is 2.11. The minimum absolute atomic E-state index is 0.722. The molecule has 4 heteroatoms. The lowest BCUT2D eigenvalue weighted by atomic mass is 10.2. The summed E-state index contributed by atoms with van der Waals surface area (Å²) >= 11 is 13.1. The molecule has 0 aromatic heterocycles. The van der Waals surface area contributed by atoms with E-state index in [-0.39, 0.29) is 0 Å². The number of rotatable bonds is 3. The molecule has 0 atom stereocenters. The van der Waals surface area contributed by atoms with Crippen molar-refractivity contribution < 1.29 is 0 Å². The first-order chi connectivity index (χ1) is 8.16. The smallest absolute Gasteiger partial charge is 0.0638 e.